The first-order valence-electron chi connectivity index (χ1n) is 25.6. The average molecular weight is 788 g/mol. The van der Waals surface area contributed by atoms with E-state index >= 15 is 0 Å². The van der Waals surface area contributed by atoms with Gasteiger partial charge in [0.1, 0.15) is 0 Å². The zero-order chi connectivity index (χ0) is 40.7. The van der Waals surface area contributed by atoms with Gasteiger partial charge in [0.15, 0.2) is 0 Å². The first kappa shape index (κ1) is 54.9. The van der Waals surface area contributed by atoms with Crippen LogP contribution in [0.3, 0.4) is 0 Å². The third-order valence-corrected chi connectivity index (χ3v) is 11.9. The van der Waals surface area contributed by atoms with Gasteiger partial charge >= 0.3 is 0 Å². The second-order valence-corrected chi connectivity index (χ2v) is 17.6. The maximum Gasteiger partial charge on any atom is 0.220 e. The van der Waals surface area contributed by atoms with Crippen LogP contribution >= 0.6 is 0 Å². The molecular formula is C52H101NO3. The fourth-order valence-electron chi connectivity index (χ4n) is 8.02. The number of allylic oxidation sites excluding steroid dienone is 3. The van der Waals surface area contributed by atoms with Gasteiger partial charge in [-0.3, -0.25) is 4.79 Å². The number of hydrogen-bond acceptors (Lipinski definition) is 3. The molecule has 0 aliphatic rings. The van der Waals surface area contributed by atoms with Gasteiger partial charge in [-0.2, -0.15) is 0 Å². The number of nitrogens with one attached hydrogen (secondary N) is 1. The lowest BCUT2D eigenvalue weighted by Gasteiger charge is -2.19. The number of carbonyl (C=O) groups excluding carboxylic acids is 1. The number of aliphatic hydroxyl groups is 2. The molecule has 0 aromatic rings. The number of hydrogen-bond donors (Lipinski definition) is 3. The Hall–Kier alpha value is -1.13. The van der Waals surface area contributed by atoms with E-state index in [1.807, 2.05) is 6.08 Å². The van der Waals surface area contributed by atoms with Gasteiger partial charge in [0.05, 0.1) is 18.8 Å². The molecular weight excluding hydrogens is 687 g/mol. The minimum Gasteiger partial charge on any atom is -0.394 e. The molecule has 56 heavy (non-hydrogen) atoms. The molecule has 0 aliphatic carbocycles. The summed E-state index contributed by atoms with van der Waals surface area (Å²) in [5, 5.41) is 22.9. The molecule has 0 aromatic carbocycles. The molecule has 2 atom stereocenters. The highest BCUT2D eigenvalue weighted by Gasteiger charge is 2.17. The Balaban J connectivity index is 3.36. The standard InChI is InChI=1S/C52H101NO3/c1-3-5-7-9-11-13-15-16-17-18-19-20-21-22-23-24-25-26-27-28-29-30-31-32-33-34-35-36-37-38-40-42-44-46-48-52(56)53-50(49-54)51(55)47-45-43-41-39-14-12-10-8-6-4-2/h14,39,45,47,50-51,54-55H,3-13,15-38,40-44,46,48-49H2,1-2H3,(H,53,56)/b39-14+,47-45+. The molecule has 0 heterocycles. The van der Waals surface area contributed by atoms with Gasteiger partial charge in [0.2, 0.25) is 5.91 Å². The number of amides is 1. The van der Waals surface area contributed by atoms with Crippen LogP contribution < -0.4 is 5.32 Å². The molecule has 0 aromatic heterocycles. The van der Waals surface area contributed by atoms with Gasteiger partial charge in [0, 0.05) is 6.42 Å². The topological polar surface area (TPSA) is 69.6 Å². The van der Waals surface area contributed by atoms with Gasteiger partial charge in [-0.05, 0) is 32.1 Å². The molecule has 3 N–H and O–H groups in total. The maximum absolute atomic E-state index is 12.4. The summed E-state index contributed by atoms with van der Waals surface area (Å²) in [5.41, 5.74) is 0. The first-order chi connectivity index (χ1) is 27.7. The molecule has 0 saturated heterocycles. The molecule has 0 spiro atoms. The summed E-state index contributed by atoms with van der Waals surface area (Å²) in [4.78, 5) is 12.4. The fourth-order valence-corrected chi connectivity index (χ4v) is 8.02. The predicted molar refractivity (Wildman–Crippen MR) is 249 cm³/mol. The number of unbranched alkanes of at least 4 members (excludes halogenated alkanes) is 38. The summed E-state index contributed by atoms with van der Waals surface area (Å²) in [6, 6.07) is -0.633. The summed E-state index contributed by atoms with van der Waals surface area (Å²) in [6.45, 7) is 4.28. The lowest BCUT2D eigenvalue weighted by molar-refractivity contribution is -0.123. The third kappa shape index (κ3) is 44.0. The van der Waals surface area contributed by atoms with Crippen LogP contribution in [0, 0.1) is 0 Å². The Labute approximate surface area is 351 Å². The van der Waals surface area contributed by atoms with Crippen molar-refractivity contribution in [2.45, 2.75) is 296 Å². The van der Waals surface area contributed by atoms with Crippen molar-refractivity contribution in [2.24, 2.45) is 0 Å². The second-order valence-electron chi connectivity index (χ2n) is 17.6. The molecule has 4 heteroatoms. The van der Waals surface area contributed by atoms with Crippen LogP contribution in [0.2, 0.25) is 0 Å². The van der Waals surface area contributed by atoms with Crippen LogP contribution in [0.25, 0.3) is 0 Å². The molecule has 0 aliphatic heterocycles. The Morgan fingerprint density at radius 3 is 1.04 bits per heavy atom. The molecule has 0 rings (SSSR count). The van der Waals surface area contributed by atoms with Crippen LogP contribution in [0.15, 0.2) is 24.3 Å². The number of carbonyl (C=O) groups is 1. The van der Waals surface area contributed by atoms with Gasteiger partial charge in [-0.15, -0.1) is 0 Å². The van der Waals surface area contributed by atoms with Crippen molar-refractivity contribution < 1.29 is 15.0 Å². The first-order valence-corrected chi connectivity index (χ1v) is 25.6. The second kappa shape index (κ2) is 48.2. The number of rotatable bonds is 47. The van der Waals surface area contributed by atoms with E-state index < -0.39 is 12.1 Å². The highest BCUT2D eigenvalue weighted by atomic mass is 16.3. The average Bonchev–Trinajstić information content (AvgIpc) is 3.20. The zero-order valence-corrected chi connectivity index (χ0v) is 38.2. The fraction of sp³-hybridized carbons (Fsp3) is 0.904. The SMILES string of the molecule is CCCCCC/C=C/CC/C=C/C(O)C(CO)NC(=O)CCCCCCCCCCCCCCCCCCCCCCCCCCCCCCCCCCCC. The molecule has 0 saturated carbocycles. The van der Waals surface area contributed by atoms with E-state index in [-0.39, 0.29) is 12.5 Å². The minimum absolute atomic E-state index is 0.0709. The summed E-state index contributed by atoms with van der Waals surface area (Å²) >= 11 is 0. The van der Waals surface area contributed by atoms with Crippen molar-refractivity contribution in [3.8, 4) is 0 Å². The molecule has 1 amide bonds. The van der Waals surface area contributed by atoms with Crippen molar-refractivity contribution >= 4 is 5.91 Å². The minimum atomic E-state index is -0.856. The van der Waals surface area contributed by atoms with E-state index in [4.69, 9.17) is 0 Å². The summed E-state index contributed by atoms with van der Waals surface area (Å²) in [6.07, 6.45) is 63.5. The van der Waals surface area contributed by atoms with Crippen LogP contribution in [0.4, 0.5) is 0 Å². The van der Waals surface area contributed by atoms with Crippen molar-refractivity contribution in [1.29, 1.82) is 0 Å². The molecule has 2 unspecified atom stereocenters. The van der Waals surface area contributed by atoms with Crippen molar-refractivity contribution in [3.63, 3.8) is 0 Å². The monoisotopic (exact) mass is 788 g/mol. The third-order valence-electron chi connectivity index (χ3n) is 11.9. The lowest BCUT2D eigenvalue weighted by atomic mass is 10.0. The van der Waals surface area contributed by atoms with E-state index in [1.54, 1.807) is 6.08 Å². The molecule has 0 bridgehead atoms. The van der Waals surface area contributed by atoms with Crippen molar-refractivity contribution in [1.82, 2.24) is 5.32 Å². The molecule has 4 nitrogen and oxygen atoms in total. The van der Waals surface area contributed by atoms with E-state index in [0.717, 1.165) is 32.1 Å². The zero-order valence-electron chi connectivity index (χ0n) is 38.2. The molecule has 332 valence electrons. The quantitative estimate of drug-likeness (QED) is 0.0425. The summed E-state index contributed by atoms with van der Waals surface area (Å²) in [5.74, 6) is -0.0709. The lowest BCUT2D eigenvalue weighted by Crippen LogP contribution is -2.45. The van der Waals surface area contributed by atoms with Gasteiger partial charge in [-0.1, -0.05) is 269 Å². The predicted octanol–water partition coefficient (Wildman–Crippen LogP) is 16.4. The van der Waals surface area contributed by atoms with Crippen molar-refractivity contribution in [3.05, 3.63) is 24.3 Å². The molecule has 0 fully saturated rings. The van der Waals surface area contributed by atoms with Crippen molar-refractivity contribution in [2.75, 3.05) is 6.61 Å². The molecule has 0 radical (unpaired) electrons. The van der Waals surface area contributed by atoms with Gasteiger partial charge in [0.25, 0.3) is 0 Å². The van der Waals surface area contributed by atoms with E-state index in [0.29, 0.717) is 6.42 Å². The Morgan fingerprint density at radius 1 is 0.411 bits per heavy atom. The largest absolute Gasteiger partial charge is 0.394 e. The summed E-state index contributed by atoms with van der Waals surface area (Å²) in [7, 11) is 0. The van der Waals surface area contributed by atoms with Gasteiger partial charge in [-0.25, -0.2) is 0 Å². The van der Waals surface area contributed by atoms with Crippen LogP contribution in [-0.4, -0.2) is 34.9 Å². The number of aliphatic hydroxyl groups excluding tert-OH is 2. The highest BCUT2D eigenvalue weighted by molar-refractivity contribution is 5.76. The van der Waals surface area contributed by atoms with Gasteiger partial charge < -0.3 is 15.5 Å². The maximum atomic E-state index is 12.4. The van der Waals surface area contributed by atoms with Crippen LogP contribution in [-0.2, 0) is 4.79 Å². The summed E-state index contributed by atoms with van der Waals surface area (Å²) < 4.78 is 0. The van der Waals surface area contributed by atoms with Crippen LogP contribution in [0.5, 0.6) is 0 Å². The normalized spacial score (nSPS) is 13.0. The van der Waals surface area contributed by atoms with Crippen LogP contribution in [0.1, 0.15) is 284 Å². The highest BCUT2D eigenvalue weighted by Crippen LogP contribution is 2.17. The van der Waals surface area contributed by atoms with E-state index in [2.05, 4.69) is 31.3 Å². The Morgan fingerprint density at radius 2 is 0.696 bits per heavy atom. The smallest absolute Gasteiger partial charge is 0.220 e. The Kier molecular flexibility index (Phi) is 47.3. The Bertz CT molecular complexity index is 810. The van der Waals surface area contributed by atoms with E-state index in [9.17, 15) is 15.0 Å². The van der Waals surface area contributed by atoms with E-state index in [1.165, 1.54) is 231 Å².